The summed E-state index contributed by atoms with van der Waals surface area (Å²) < 4.78 is 28.6. The molecular weight excluding hydrogens is 226 g/mol. The quantitative estimate of drug-likeness (QED) is 0.890. The summed E-state index contributed by atoms with van der Waals surface area (Å²) in [7, 11) is 0. The molecule has 2 rings (SSSR count). The maximum Gasteiger partial charge on any atom is 0.142 e. The van der Waals surface area contributed by atoms with E-state index in [0.717, 1.165) is 12.1 Å². The SMILES string of the molecule is CCn1ccnc1C(O)c1c(F)cccc1F. The first-order valence-corrected chi connectivity index (χ1v) is 5.28. The minimum atomic E-state index is -1.40. The molecule has 2 aromatic rings. The van der Waals surface area contributed by atoms with E-state index in [1.165, 1.54) is 12.3 Å². The molecule has 1 unspecified atom stereocenters. The highest BCUT2D eigenvalue weighted by Gasteiger charge is 2.22. The first-order valence-electron chi connectivity index (χ1n) is 5.28. The molecule has 0 bridgehead atoms. The second-order valence-corrected chi connectivity index (χ2v) is 3.61. The number of aliphatic hydroxyl groups is 1. The molecule has 1 aromatic carbocycles. The minimum Gasteiger partial charge on any atom is -0.380 e. The first-order chi connectivity index (χ1) is 8.15. The van der Waals surface area contributed by atoms with Crippen LogP contribution in [-0.2, 0) is 6.54 Å². The summed E-state index contributed by atoms with van der Waals surface area (Å²) in [5.41, 5.74) is -0.367. The fourth-order valence-electron chi connectivity index (χ4n) is 1.74. The number of aliphatic hydroxyl groups excluding tert-OH is 1. The number of hydrogen-bond donors (Lipinski definition) is 1. The molecule has 0 saturated heterocycles. The number of hydrogen-bond acceptors (Lipinski definition) is 2. The van der Waals surface area contributed by atoms with Crippen LogP contribution in [-0.4, -0.2) is 14.7 Å². The van der Waals surface area contributed by atoms with Gasteiger partial charge in [0.2, 0.25) is 0 Å². The van der Waals surface area contributed by atoms with E-state index in [4.69, 9.17) is 0 Å². The number of nitrogens with zero attached hydrogens (tertiary/aromatic N) is 2. The zero-order valence-corrected chi connectivity index (χ0v) is 9.27. The van der Waals surface area contributed by atoms with Gasteiger partial charge in [0, 0.05) is 18.9 Å². The third kappa shape index (κ3) is 2.06. The van der Waals surface area contributed by atoms with Gasteiger partial charge >= 0.3 is 0 Å². The average Bonchev–Trinajstić information content (AvgIpc) is 2.76. The van der Waals surface area contributed by atoms with Gasteiger partial charge in [-0.1, -0.05) is 6.07 Å². The third-order valence-electron chi connectivity index (χ3n) is 2.61. The molecule has 0 radical (unpaired) electrons. The van der Waals surface area contributed by atoms with Crippen molar-refractivity contribution in [1.82, 2.24) is 9.55 Å². The van der Waals surface area contributed by atoms with Crippen molar-refractivity contribution in [2.24, 2.45) is 0 Å². The van der Waals surface area contributed by atoms with Crippen LogP contribution in [0, 0.1) is 11.6 Å². The fraction of sp³-hybridized carbons (Fsp3) is 0.250. The monoisotopic (exact) mass is 238 g/mol. The lowest BCUT2D eigenvalue weighted by atomic mass is 10.1. The Bertz CT molecular complexity index is 505. The maximum absolute atomic E-state index is 13.5. The van der Waals surface area contributed by atoms with Crippen LogP contribution in [0.3, 0.4) is 0 Å². The predicted octanol–water partition coefficient (Wildman–Crippen LogP) is 2.26. The van der Waals surface area contributed by atoms with Gasteiger partial charge in [-0.15, -0.1) is 0 Å². The molecule has 17 heavy (non-hydrogen) atoms. The third-order valence-corrected chi connectivity index (χ3v) is 2.61. The molecule has 0 aliphatic carbocycles. The number of benzene rings is 1. The highest BCUT2D eigenvalue weighted by molar-refractivity contribution is 5.26. The molecule has 1 N–H and O–H groups in total. The largest absolute Gasteiger partial charge is 0.380 e. The van der Waals surface area contributed by atoms with E-state index in [9.17, 15) is 13.9 Å². The van der Waals surface area contributed by atoms with Gasteiger partial charge in [0.05, 0.1) is 5.56 Å². The lowest BCUT2D eigenvalue weighted by Gasteiger charge is -2.13. The molecule has 1 heterocycles. The number of aryl methyl sites for hydroxylation is 1. The second-order valence-electron chi connectivity index (χ2n) is 3.61. The predicted molar refractivity (Wildman–Crippen MR) is 58.3 cm³/mol. The van der Waals surface area contributed by atoms with Gasteiger partial charge in [0.15, 0.2) is 0 Å². The molecule has 0 aliphatic rings. The molecule has 5 heteroatoms. The lowest BCUT2D eigenvalue weighted by molar-refractivity contribution is 0.194. The van der Waals surface area contributed by atoms with Gasteiger partial charge in [-0.05, 0) is 19.1 Å². The van der Waals surface area contributed by atoms with E-state index in [1.54, 1.807) is 10.8 Å². The Labute approximate surface area is 97.3 Å². The fourth-order valence-corrected chi connectivity index (χ4v) is 1.74. The summed E-state index contributed by atoms with van der Waals surface area (Å²) in [5, 5.41) is 9.99. The van der Waals surface area contributed by atoms with Crippen molar-refractivity contribution in [1.29, 1.82) is 0 Å². The molecular formula is C12H12F2N2O. The van der Waals surface area contributed by atoms with Crippen molar-refractivity contribution in [2.75, 3.05) is 0 Å². The number of aromatic nitrogens is 2. The zero-order valence-electron chi connectivity index (χ0n) is 9.27. The van der Waals surface area contributed by atoms with E-state index in [2.05, 4.69) is 4.98 Å². The van der Waals surface area contributed by atoms with Crippen LogP contribution in [0.25, 0.3) is 0 Å². The molecule has 0 spiro atoms. The van der Waals surface area contributed by atoms with Crippen molar-refractivity contribution in [3.63, 3.8) is 0 Å². The molecule has 0 aliphatic heterocycles. The van der Waals surface area contributed by atoms with E-state index in [-0.39, 0.29) is 11.4 Å². The van der Waals surface area contributed by atoms with Crippen molar-refractivity contribution in [3.05, 3.63) is 53.6 Å². The topological polar surface area (TPSA) is 38.0 Å². The summed E-state index contributed by atoms with van der Waals surface area (Å²) in [4.78, 5) is 3.93. The van der Waals surface area contributed by atoms with Gasteiger partial charge in [-0.3, -0.25) is 0 Å². The van der Waals surface area contributed by atoms with Crippen LogP contribution in [0.15, 0.2) is 30.6 Å². The molecule has 1 atom stereocenters. The molecule has 0 saturated carbocycles. The van der Waals surface area contributed by atoms with Crippen LogP contribution in [0.4, 0.5) is 8.78 Å². The number of rotatable bonds is 3. The standard InChI is InChI=1S/C12H12F2N2O/c1-2-16-7-6-15-12(16)11(17)10-8(13)4-3-5-9(10)14/h3-7,11,17H,2H2,1H3. The van der Waals surface area contributed by atoms with Crippen LogP contribution in [0.5, 0.6) is 0 Å². The van der Waals surface area contributed by atoms with Gasteiger partial charge in [0.25, 0.3) is 0 Å². The molecule has 90 valence electrons. The van der Waals surface area contributed by atoms with Gasteiger partial charge in [-0.25, -0.2) is 13.8 Å². The second kappa shape index (κ2) is 4.63. The van der Waals surface area contributed by atoms with E-state index in [1.807, 2.05) is 6.92 Å². The number of imidazole rings is 1. The number of halogens is 2. The Morgan fingerprint density at radius 3 is 2.59 bits per heavy atom. The van der Waals surface area contributed by atoms with Gasteiger partial charge in [0.1, 0.15) is 23.6 Å². The molecule has 0 amide bonds. The smallest absolute Gasteiger partial charge is 0.142 e. The minimum absolute atomic E-state index is 0.233. The Hall–Kier alpha value is -1.75. The van der Waals surface area contributed by atoms with Gasteiger partial charge < -0.3 is 9.67 Å². The van der Waals surface area contributed by atoms with Crippen LogP contribution < -0.4 is 0 Å². The van der Waals surface area contributed by atoms with Crippen molar-refractivity contribution in [2.45, 2.75) is 19.6 Å². The van der Waals surface area contributed by atoms with Crippen molar-refractivity contribution < 1.29 is 13.9 Å². The van der Waals surface area contributed by atoms with Crippen molar-refractivity contribution >= 4 is 0 Å². The zero-order chi connectivity index (χ0) is 12.4. The summed E-state index contributed by atoms with van der Waals surface area (Å²) >= 11 is 0. The van der Waals surface area contributed by atoms with Gasteiger partial charge in [-0.2, -0.15) is 0 Å². The highest BCUT2D eigenvalue weighted by Crippen LogP contribution is 2.25. The summed E-state index contributed by atoms with van der Waals surface area (Å²) in [5.74, 6) is -1.32. The normalized spacial score (nSPS) is 12.7. The summed E-state index contributed by atoms with van der Waals surface area (Å²) in [6.45, 7) is 2.43. The molecule has 0 fully saturated rings. The maximum atomic E-state index is 13.5. The van der Waals surface area contributed by atoms with E-state index >= 15 is 0 Å². The average molecular weight is 238 g/mol. The molecule has 1 aromatic heterocycles. The Morgan fingerprint density at radius 2 is 2.00 bits per heavy atom. The van der Waals surface area contributed by atoms with E-state index in [0.29, 0.717) is 6.54 Å². The van der Waals surface area contributed by atoms with Crippen LogP contribution in [0.2, 0.25) is 0 Å². The Balaban J connectivity index is 2.47. The summed E-state index contributed by atoms with van der Waals surface area (Å²) in [6, 6.07) is 3.48. The van der Waals surface area contributed by atoms with E-state index < -0.39 is 17.7 Å². The molecule has 3 nitrogen and oxygen atoms in total. The van der Waals surface area contributed by atoms with Crippen LogP contribution in [0.1, 0.15) is 24.4 Å². The Morgan fingerprint density at radius 1 is 1.35 bits per heavy atom. The highest BCUT2D eigenvalue weighted by atomic mass is 19.1. The summed E-state index contributed by atoms with van der Waals surface area (Å²) in [6.07, 6.45) is 1.74. The Kier molecular flexibility index (Phi) is 3.19. The first kappa shape index (κ1) is 11.7. The lowest BCUT2D eigenvalue weighted by Crippen LogP contribution is -2.12. The van der Waals surface area contributed by atoms with Crippen molar-refractivity contribution in [3.8, 4) is 0 Å². The van der Waals surface area contributed by atoms with Crippen LogP contribution >= 0.6 is 0 Å².